The van der Waals surface area contributed by atoms with Gasteiger partial charge in [-0.15, -0.1) is 16.4 Å². The Bertz CT molecular complexity index is 934. The van der Waals surface area contributed by atoms with E-state index in [4.69, 9.17) is 9.68 Å². The van der Waals surface area contributed by atoms with Gasteiger partial charge in [-0.1, -0.05) is 5.10 Å². The fourth-order valence-corrected chi connectivity index (χ4v) is 3.80. The molecular weight excluding hydrogens is 360 g/mol. The van der Waals surface area contributed by atoms with Crippen molar-refractivity contribution >= 4 is 28.7 Å². The lowest BCUT2D eigenvalue weighted by molar-refractivity contribution is 0.264. The first-order chi connectivity index (χ1) is 13.2. The molecule has 0 aliphatic carbocycles. The van der Waals surface area contributed by atoms with Crippen LogP contribution >= 0.6 is 11.3 Å². The van der Waals surface area contributed by atoms with Crippen LogP contribution < -0.4 is 10.6 Å². The quantitative estimate of drug-likeness (QED) is 0.693. The maximum Gasteiger partial charge on any atom is 0.320 e. The topological polar surface area (TPSA) is 90.0 Å². The molecule has 7 nitrogen and oxygen atoms in total. The van der Waals surface area contributed by atoms with E-state index < -0.39 is 0 Å². The van der Waals surface area contributed by atoms with Gasteiger partial charge in [-0.25, -0.2) is 0 Å². The highest BCUT2D eigenvalue weighted by atomic mass is 32.1. The van der Waals surface area contributed by atoms with Gasteiger partial charge in [0.1, 0.15) is 6.07 Å². The molecule has 3 aromatic rings. The molecule has 0 atom stereocenters. The molecule has 0 bridgehead atoms. The first-order valence-electron chi connectivity index (χ1n) is 8.84. The second-order valence-electron chi connectivity index (χ2n) is 6.65. The van der Waals surface area contributed by atoms with Crippen LogP contribution in [0, 0.1) is 11.3 Å². The van der Waals surface area contributed by atoms with Gasteiger partial charge in [0.2, 0.25) is 0 Å². The van der Waals surface area contributed by atoms with Crippen LogP contribution in [0.2, 0.25) is 0 Å². The zero-order valence-corrected chi connectivity index (χ0v) is 15.8. The van der Waals surface area contributed by atoms with Crippen molar-refractivity contribution in [1.29, 1.82) is 5.26 Å². The van der Waals surface area contributed by atoms with E-state index in [-0.39, 0.29) is 0 Å². The normalized spacial score (nSPS) is 15.4. The Morgan fingerprint density at radius 1 is 1.19 bits per heavy atom. The Morgan fingerprint density at radius 3 is 2.63 bits per heavy atom. The molecule has 2 aromatic heterocycles. The Labute approximate surface area is 161 Å². The molecule has 138 valence electrons. The third-order valence-electron chi connectivity index (χ3n) is 4.59. The number of nitrogens with zero attached hydrogens (tertiary/aromatic N) is 4. The molecule has 3 heterocycles. The summed E-state index contributed by atoms with van der Waals surface area (Å²) in [4.78, 5) is 3.14. The number of likely N-dealkylation sites (tertiary alicyclic amines) is 1. The van der Waals surface area contributed by atoms with Crippen molar-refractivity contribution < 1.29 is 4.42 Å². The fraction of sp³-hybridized carbons (Fsp3) is 0.316. The number of piperidine rings is 1. The molecular formula is C19H20N6OS. The van der Waals surface area contributed by atoms with E-state index in [1.165, 1.54) is 11.3 Å². The smallest absolute Gasteiger partial charge is 0.320 e. The number of hydrogen-bond donors (Lipinski definition) is 2. The van der Waals surface area contributed by atoms with Gasteiger partial charge in [-0.2, -0.15) is 5.26 Å². The fourth-order valence-electron chi connectivity index (χ4n) is 3.04. The molecule has 0 spiro atoms. The summed E-state index contributed by atoms with van der Waals surface area (Å²) in [5.74, 6) is 0.407. The summed E-state index contributed by atoms with van der Waals surface area (Å²) in [5.41, 5.74) is 2.59. The predicted octanol–water partition coefficient (Wildman–Crippen LogP) is 3.92. The summed E-state index contributed by atoms with van der Waals surface area (Å²) in [6, 6.07) is 12.8. The van der Waals surface area contributed by atoms with Crippen LogP contribution in [-0.2, 0) is 0 Å². The third kappa shape index (κ3) is 4.27. The first kappa shape index (κ1) is 17.5. The zero-order valence-electron chi connectivity index (χ0n) is 15.0. The molecule has 2 N–H and O–H groups in total. The Morgan fingerprint density at radius 2 is 1.93 bits per heavy atom. The summed E-state index contributed by atoms with van der Waals surface area (Å²) < 4.78 is 5.64. The minimum Gasteiger partial charge on any atom is -0.402 e. The van der Waals surface area contributed by atoms with Crippen LogP contribution in [0.15, 0.2) is 40.1 Å². The number of aromatic nitrogens is 2. The molecule has 1 aliphatic heterocycles. The largest absolute Gasteiger partial charge is 0.402 e. The number of hydrogen-bond acceptors (Lipinski definition) is 8. The number of rotatable bonds is 5. The summed E-state index contributed by atoms with van der Waals surface area (Å²) in [6.07, 6.45) is 2.33. The van der Waals surface area contributed by atoms with Crippen LogP contribution in [0.5, 0.6) is 0 Å². The molecule has 1 saturated heterocycles. The van der Waals surface area contributed by atoms with Gasteiger partial charge in [0.15, 0.2) is 0 Å². The maximum atomic E-state index is 8.91. The van der Waals surface area contributed by atoms with Crippen LogP contribution in [0.1, 0.15) is 18.4 Å². The van der Waals surface area contributed by atoms with Crippen LogP contribution in [0.25, 0.3) is 10.8 Å². The van der Waals surface area contributed by atoms with E-state index >= 15 is 0 Å². The van der Waals surface area contributed by atoms with E-state index in [1.54, 1.807) is 11.4 Å². The minimum absolute atomic E-state index is 0.327. The van der Waals surface area contributed by atoms with Gasteiger partial charge in [0, 0.05) is 22.8 Å². The number of thiophene rings is 1. The van der Waals surface area contributed by atoms with E-state index in [0.29, 0.717) is 23.5 Å². The third-order valence-corrected chi connectivity index (χ3v) is 5.51. The molecule has 8 heteroatoms. The Balaban J connectivity index is 1.36. The van der Waals surface area contributed by atoms with Gasteiger partial charge < -0.3 is 20.0 Å². The average Bonchev–Trinajstić information content (AvgIpc) is 3.34. The van der Waals surface area contributed by atoms with E-state index in [9.17, 15) is 0 Å². The van der Waals surface area contributed by atoms with Crippen molar-refractivity contribution in [2.45, 2.75) is 18.9 Å². The highest BCUT2D eigenvalue weighted by Crippen LogP contribution is 2.28. The van der Waals surface area contributed by atoms with Crippen molar-refractivity contribution in [3.63, 3.8) is 0 Å². The molecule has 0 saturated carbocycles. The molecule has 27 heavy (non-hydrogen) atoms. The average molecular weight is 380 g/mol. The molecule has 0 radical (unpaired) electrons. The first-order valence-corrected chi connectivity index (χ1v) is 9.72. The van der Waals surface area contributed by atoms with Crippen LogP contribution in [-0.4, -0.2) is 41.3 Å². The number of nitriles is 1. The molecule has 0 amide bonds. The lowest BCUT2D eigenvalue weighted by Gasteiger charge is -2.30. The lowest BCUT2D eigenvalue weighted by atomic mass is 10.1. The SMILES string of the molecule is CN1CCC(Nc2ccc(Nc3nnc(-c4cc(C#N)cs4)o3)cc2)CC1. The maximum absolute atomic E-state index is 8.91. The minimum atomic E-state index is 0.327. The van der Waals surface area contributed by atoms with Crippen LogP contribution in [0.4, 0.5) is 17.4 Å². The summed E-state index contributed by atoms with van der Waals surface area (Å²) in [6.45, 7) is 2.27. The highest BCUT2D eigenvalue weighted by molar-refractivity contribution is 7.13. The van der Waals surface area contributed by atoms with E-state index in [0.717, 1.165) is 42.2 Å². The molecule has 1 aromatic carbocycles. The Kier molecular flexibility index (Phi) is 5.05. The van der Waals surface area contributed by atoms with Crippen molar-refractivity contribution in [3.8, 4) is 16.8 Å². The zero-order chi connectivity index (χ0) is 18.6. The monoisotopic (exact) mass is 380 g/mol. The summed E-state index contributed by atoms with van der Waals surface area (Å²) >= 11 is 1.41. The van der Waals surface area contributed by atoms with Gasteiger partial charge >= 0.3 is 6.01 Å². The van der Waals surface area contributed by atoms with Crippen molar-refractivity contribution in [3.05, 3.63) is 41.3 Å². The molecule has 1 fully saturated rings. The summed E-state index contributed by atoms with van der Waals surface area (Å²) in [7, 11) is 2.17. The van der Waals surface area contributed by atoms with Gasteiger partial charge in [0.25, 0.3) is 5.89 Å². The second-order valence-corrected chi connectivity index (χ2v) is 7.56. The Hall–Kier alpha value is -2.89. The van der Waals surface area contributed by atoms with E-state index in [2.05, 4.69) is 51.0 Å². The highest BCUT2D eigenvalue weighted by Gasteiger charge is 2.16. The standard InChI is InChI=1S/C19H20N6OS/c1-25-8-6-16(7-9-25)21-14-2-4-15(5-3-14)22-19-24-23-18(26-19)17-10-13(11-20)12-27-17/h2-5,10,12,16,21H,6-9H2,1H3,(H,22,24). The van der Waals surface area contributed by atoms with E-state index in [1.807, 2.05) is 12.1 Å². The predicted molar refractivity (Wildman–Crippen MR) is 106 cm³/mol. The number of benzene rings is 1. The van der Waals surface area contributed by atoms with Crippen molar-refractivity contribution in [2.75, 3.05) is 30.8 Å². The molecule has 1 aliphatic rings. The van der Waals surface area contributed by atoms with Crippen LogP contribution in [0.3, 0.4) is 0 Å². The molecule has 4 rings (SSSR count). The second kappa shape index (κ2) is 7.78. The number of anilines is 3. The van der Waals surface area contributed by atoms with Crippen molar-refractivity contribution in [1.82, 2.24) is 15.1 Å². The van der Waals surface area contributed by atoms with Gasteiger partial charge in [-0.05, 0) is 63.3 Å². The molecule has 0 unspecified atom stereocenters. The van der Waals surface area contributed by atoms with Gasteiger partial charge in [-0.3, -0.25) is 0 Å². The van der Waals surface area contributed by atoms with Gasteiger partial charge in [0.05, 0.1) is 10.4 Å². The van der Waals surface area contributed by atoms with Crippen molar-refractivity contribution in [2.24, 2.45) is 0 Å². The number of nitrogens with one attached hydrogen (secondary N) is 2. The lowest BCUT2D eigenvalue weighted by Crippen LogP contribution is -2.36. The summed E-state index contributed by atoms with van der Waals surface area (Å²) in [5, 5.41) is 25.4.